The molecule has 2 aromatic rings. The second-order valence-electron chi connectivity index (χ2n) is 10.3. The lowest BCUT2D eigenvalue weighted by atomic mass is 10.0. The second kappa shape index (κ2) is 12.1. The van der Waals surface area contributed by atoms with Crippen LogP contribution in [0, 0.1) is 0 Å². The van der Waals surface area contributed by atoms with Gasteiger partial charge >= 0.3 is 0 Å². The molecule has 2 fully saturated rings. The summed E-state index contributed by atoms with van der Waals surface area (Å²) in [5, 5.41) is 1.38. The van der Waals surface area contributed by atoms with Gasteiger partial charge in [0.05, 0.1) is 30.6 Å². The lowest BCUT2D eigenvalue weighted by molar-refractivity contribution is -0.142. The molecule has 0 aliphatic carbocycles. The highest BCUT2D eigenvalue weighted by molar-refractivity contribution is 7.93. The van der Waals surface area contributed by atoms with Gasteiger partial charge < -0.3 is 24.4 Å². The van der Waals surface area contributed by atoms with E-state index in [1.165, 1.54) is 24.1 Å². The van der Waals surface area contributed by atoms with Gasteiger partial charge in [0.2, 0.25) is 11.8 Å². The standard InChI is InChI=1S/C29H34N2O8S/c1-37-20-8-4-7-19(15-20)27(29(34)30-17-21-9-5-13-38-21)31(18-22-10-6-14-39-22)26(32)16-25-28(33)23-11-2-3-12-24(23)40(25,35)36/h2-4,7-8,11-12,15,21-22,25,27H,5-6,9-10,13-14,16-18H2,1H3,(H,30,34)/t21-,22-,25+,27-/m0/s1. The van der Waals surface area contributed by atoms with E-state index >= 15 is 0 Å². The van der Waals surface area contributed by atoms with Crippen molar-refractivity contribution in [3.63, 3.8) is 0 Å². The third-order valence-corrected chi connectivity index (χ3v) is 9.83. The van der Waals surface area contributed by atoms with Gasteiger partial charge in [-0.05, 0) is 49.4 Å². The van der Waals surface area contributed by atoms with Gasteiger partial charge in [0, 0.05) is 31.9 Å². The van der Waals surface area contributed by atoms with Gasteiger partial charge in [-0.2, -0.15) is 0 Å². The molecule has 1 N–H and O–H groups in total. The SMILES string of the molecule is COc1cccc([C@@H](C(=O)NC[C@@H]2CCCO2)N(C[C@@H]2CCCO2)C(=O)C[C@@H]2C(=O)c3ccccc3S2(=O)=O)c1. The molecule has 0 spiro atoms. The van der Waals surface area contributed by atoms with E-state index in [1.807, 2.05) is 0 Å². The van der Waals surface area contributed by atoms with Crippen LogP contribution in [0.1, 0.15) is 54.1 Å². The molecular weight excluding hydrogens is 536 g/mol. The highest BCUT2D eigenvalue weighted by atomic mass is 32.2. The summed E-state index contributed by atoms with van der Waals surface area (Å²) in [5.41, 5.74) is 0.587. The molecule has 2 amide bonds. The van der Waals surface area contributed by atoms with Crippen molar-refractivity contribution in [3.05, 3.63) is 59.7 Å². The number of carbonyl (C=O) groups excluding carboxylic acids is 3. The monoisotopic (exact) mass is 570 g/mol. The maximum Gasteiger partial charge on any atom is 0.247 e. The number of carbonyl (C=O) groups is 3. The van der Waals surface area contributed by atoms with Crippen molar-refractivity contribution in [3.8, 4) is 5.75 Å². The first-order valence-corrected chi connectivity index (χ1v) is 15.2. The predicted octanol–water partition coefficient (Wildman–Crippen LogP) is 2.47. The van der Waals surface area contributed by atoms with Crippen LogP contribution in [-0.4, -0.2) is 81.8 Å². The average Bonchev–Trinajstić information content (AvgIpc) is 3.71. The van der Waals surface area contributed by atoms with Crippen molar-refractivity contribution in [2.24, 2.45) is 0 Å². The molecule has 3 aliphatic heterocycles. The van der Waals surface area contributed by atoms with Crippen LogP contribution in [0.4, 0.5) is 0 Å². The number of amides is 2. The molecule has 10 nitrogen and oxygen atoms in total. The smallest absolute Gasteiger partial charge is 0.247 e. The summed E-state index contributed by atoms with van der Waals surface area (Å²) in [6.45, 7) is 1.52. The third-order valence-electron chi connectivity index (χ3n) is 7.73. The van der Waals surface area contributed by atoms with Crippen molar-refractivity contribution in [1.82, 2.24) is 10.2 Å². The molecule has 5 rings (SSSR count). The van der Waals surface area contributed by atoms with Gasteiger partial charge in [-0.25, -0.2) is 8.42 Å². The maximum atomic E-state index is 14.0. The Morgan fingerprint density at radius 1 is 1.05 bits per heavy atom. The van der Waals surface area contributed by atoms with E-state index in [9.17, 15) is 22.8 Å². The number of hydrogen-bond donors (Lipinski definition) is 1. The Kier molecular flexibility index (Phi) is 8.53. The van der Waals surface area contributed by atoms with Crippen molar-refractivity contribution in [1.29, 1.82) is 0 Å². The van der Waals surface area contributed by atoms with Crippen molar-refractivity contribution in [2.75, 3.05) is 33.4 Å². The number of fused-ring (bicyclic) bond motifs is 1. The number of ketones is 1. The minimum atomic E-state index is -4.06. The number of ether oxygens (including phenoxy) is 3. The average molecular weight is 571 g/mol. The number of benzene rings is 2. The zero-order valence-electron chi connectivity index (χ0n) is 22.4. The fraction of sp³-hybridized carbons (Fsp3) is 0.483. The molecule has 214 valence electrons. The molecular formula is C29H34N2O8S. The number of methoxy groups -OCH3 is 1. The Morgan fingerprint density at radius 2 is 1.77 bits per heavy atom. The number of nitrogens with one attached hydrogen (secondary N) is 1. The summed E-state index contributed by atoms with van der Waals surface area (Å²) in [7, 11) is -2.55. The van der Waals surface area contributed by atoms with Gasteiger partial charge in [0.25, 0.3) is 0 Å². The quantitative estimate of drug-likeness (QED) is 0.462. The van der Waals surface area contributed by atoms with Gasteiger partial charge in [-0.3, -0.25) is 14.4 Å². The summed E-state index contributed by atoms with van der Waals surface area (Å²) in [5.74, 6) is -1.16. The first kappa shape index (κ1) is 28.3. The molecule has 0 unspecified atom stereocenters. The third kappa shape index (κ3) is 5.77. The van der Waals surface area contributed by atoms with Crippen LogP contribution in [0.5, 0.6) is 5.75 Å². The van der Waals surface area contributed by atoms with Crippen LogP contribution in [0.15, 0.2) is 53.4 Å². The molecule has 2 saturated heterocycles. The minimum absolute atomic E-state index is 0.0675. The van der Waals surface area contributed by atoms with E-state index < -0.39 is 45.1 Å². The highest BCUT2D eigenvalue weighted by Gasteiger charge is 2.47. The number of sulfone groups is 1. The zero-order valence-corrected chi connectivity index (χ0v) is 23.2. The Bertz CT molecular complexity index is 1370. The molecule has 3 heterocycles. The van der Waals surface area contributed by atoms with Crippen molar-refractivity contribution >= 4 is 27.4 Å². The molecule has 11 heteroatoms. The molecule has 0 bridgehead atoms. The Balaban J connectivity index is 1.47. The summed E-state index contributed by atoms with van der Waals surface area (Å²) >= 11 is 0. The first-order chi connectivity index (χ1) is 19.3. The van der Waals surface area contributed by atoms with Gasteiger partial charge in [-0.1, -0.05) is 30.3 Å². The summed E-state index contributed by atoms with van der Waals surface area (Å²) in [4.78, 5) is 42.3. The fourth-order valence-corrected chi connectivity index (χ4v) is 7.44. The van der Waals surface area contributed by atoms with E-state index in [2.05, 4.69) is 5.32 Å². The Labute approximate surface area is 233 Å². The summed E-state index contributed by atoms with van der Waals surface area (Å²) < 4.78 is 43.4. The van der Waals surface area contributed by atoms with Crippen molar-refractivity contribution in [2.45, 2.75) is 60.5 Å². The number of nitrogens with zero attached hydrogens (tertiary/aromatic N) is 1. The Morgan fingerprint density at radius 3 is 2.45 bits per heavy atom. The van der Waals surface area contributed by atoms with E-state index in [-0.39, 0.29) is 35.8 Å². The van der Waals surface area contributed by atoms with E-state index in [0.717, 1.165) is 19.3 Å². The van der Waals surface area contributed by atoms with E-state index in [0.29, 0.717) is 30.9 Å². The van der Waals surface area contributed by atoms with Crippen LogP contribution >= 0.6 is 0 Å². The maximum absolute atomic E-state index is 14.0. The van der Waals surface area contributed by atoms with Crippen LogP contribution < -0.4 is 10.1 Å². The normalized spacial score (nSPS) is 23.9. The first-order valence-electron chi connectivity index (χ1n) is 13.6. The van der Waals surface area contributed by atoms with Gasteiger partial charge in [0.1, 0.15) is 17.0 Å². The lowest BCUT2D eigenvalue weighted by Crippen LogP contribution is -2.49. The molecule has 4 atom stereocenters. The molecule has 0 saturated carbocycles. The van der Waals surface area contributed by atoms with Crippen LogP contribution in [0.3, 0.4) is 0 Å². The lowest BCUT2D eigenvalue weighted by Gasteiger charge is -2.34. The number of hydrogen-bond acceptors (Lipinski definition) is 8. The molecule has 3 aliphatic rings. The van der Waals surface area contributed by atoms with E-state index in [1.54, 1.807) is 36.4 Å². The number of rotatable bonds is 10. The fourth-order valence-electron chi connectivity index (χ4n) is 5.62. The van der Waals surface area contributed by atoms with E-state index in [4.69, 9.17) is 14.2 Å². The summed E-state index contributed by atoms with van der Waals surface area (Å²) in [6, 6.07) is 11.8. The zero-order chi connectivity index (χ0) is 28.3. The largest absolute Gasteiger partial charge is 0.497 e. The molecule has 40 heavy (non-hydrogen) atoms. The number of Topliss-reactive ketones (excluding diaryl/α,β-unsaturated/α-hetero) is 1. The van der Waals surface area contributed by atoms with Crippen LogP contribution in [-0.2, 0) is 28.9 Å². The van der Waals surface area contributed by atoms with Gasteiger partial charge in [-0.15, -0.1) is 0 Å². The molecule has 0 aromatic heterocycles. The molecule has 2 aromatic carbocycles. The predicted molar refractivity (Wildman–Crippen MR) is 145 cm³/mol. The Hall–Kier alpha value is -3.28. The topological polar surface area (TPSA) is 128 Å². The molecule has 0 radical (unpaired) electrons. The van der Waals surface area contributed by atoms with Crippen molar-refractivity contribution < 1.29 is 37.0 Å². The van der Waals surface area contributed by atoms with Gasteiger partial charge in [0.15, 0.2) is 15.6 Å². The summed E-state index contributed by atoms with van der Waals surface area (Å²) in [6.07, 6.45) is 2.22. The highest BCUT2D eigenvalue weighted by Crippen LogP contribution is 2.35. The minimum Gasteiger partial charge on any atom is -0.497 e. The second-order valence-corrected chi connectivity index (χ2v) is 12.4. The van der Waals surface area contributed by atoms with Crippen LogP contribution in [0.25, 0.3) is 0 Å². The van der Waals surface area contributed by atoms with Crippen LogP contribution in [0.2, 0.25) is 0 Å².